The standard InChI is InChI=1S/C18H16O6.2CH4/c1-3-17(19)23-12-22-15-6-4-13(5-7-15)18(20)24-16-10-8-14(21-2)9-11-16;;/h3-11H,1,12H2,2H3;2*1H4. The monoisotopic (exact) mass is 360 g/mol. The average Bonchev–Trinajstić information content (AvgIpc) is 2.62. The third-order valence-electron chi connectivity index (χ3n) is 2.95. The van der Waals surface area contributed by atoms with E-state index >= 15 is 0 Å². The number of rotatable bonds is 7. The zero-order valence-corrected chi connectivity index (χ0v) is 13.1. The van der Waals surface area contributed by atoms with Gasteiger partial charge in [-0.05, 0) is 48.5 Å². The van der Waals surface area contributed by atoms with Crippen molar-refractivity contribution in [2.24, 2.45) is 0 Å². The lowest BCUT2D eigenvalue weighted by Crippen LogP contribution is -2.09. The van der Waals surface area contributed by atoms with Gasteiger partial charge in [0.15, 0.2) is 0 Å². The van der Waals surface area contributed by atoms with Crippen LogP contribution in [0.2, 0.25) is 0 Å². The van der Waals surface area contributed by atoms with E-state index < -0.39 is 11.9 Å². The summed E-state index contributed by atoms with van der Waals surface area (Å²) in [6.45, 7) is 3.04. The van der Waals surface area contributed by atoms with Gasteiger partial charge in [0, 0.05) is 6.08 Å². The molecule has 0 aliphatic rings. The summed E-state index contributed by atoms with van der Waals surface area (Å²) in [5.41, 5.74) is 0.362. The molecule has 0 spiro atoms. The van der Waals surface area contributed by atoms with E-state index in [2.05, 4.69) is 11.3 Å². The Morgan fingerprint density at radius 3 is 2.00 bits per heavy atom. The molecule has 0 aromatic heterocycles. The van der Waals surface area contributed by atoms with Crippen molar-refractivity contribution in [2.45, 2.75) is 14.9 Å². The second kappa shape index (κ2) is 11.3. The van der Waals surface area contributed by atoms with Crippen LogP contribution in [0.15, 0.2) is 61.2 Å². The van der Waals surface area contributed by atoms with Gasteiger partial charge in [-0.15, -0.1) is 0 Å². The summed E-state index contributed by atoms with van der Waals surface area (Å²) >= 11 is 0. The number of carbonyl (C=O) groups is 2. The fourth-order valence-corrected chi connectivity index (χ4v) is 1.71. The molecule has 6 heteroatoms. The van der Waals surface area contributed by atoms with Gasteiger partial charge in [0.2, 0.25) is 6.79 Å². The summed E-state index contributed by atoms with van der Waals surface area (Å²) in [4.78, 5) is 22.9. The topological polar surface area (TPSA) is 71.1 Å². The Bertz CT molecular complexity index is 704. The number of esters is 2. The van der Waals surface area contributed by atoms with Crippen LogP contribution in [-0.2, 0) is 9.53 Å². The number of hydrogen-bond acceptors (Lipinski definition) is 6. The maximum Gasteiger partial charge on any atom is 0.343 e. The molecule has 2 aromatic rings. The van der Waals surface area contributed by atoms with Crippen molar-refractivity contribution in [3.05, 3.63) is 66.7 Å². The first-order chi connectivity index (χ1) is 11.6. The molecule has 0 amide bonds. The van der Waals surface area contributed by atoms with Crippen LogP contribution in [0.5, 0.6) is 17.2 Å². The summed E-state index contributed by atoms with van der Waals surface area (Å²) in [5.74, 6) is 0.471. The summed E-state index contributed by atoms with van der Waals surface area (Å²) in [6, 6.07) is 12.9. The van der Waals surface area contributed by atoms with E-state index in [1.807, 2.05) is 0 Å². The van der Waals surface area contributed by atoms with Gasteiger partial charge >= 0.3 is 11.9 Å². The molecule has 0 saturated heterocycles. The second-order valence-corrected chi connectivity index (χ2v) is 4.52. The Hall–Kier alpha value is -3.28. The molecule has 0 atom stereocenters. The van der Waals surface area contributed by atoms with Crippen LogP contribution in [0.3, 0.4) is 0 Å². The Balaban J connectivity index is 0.00000312. The van der Waals surface area contributed by atoms with Crippen LogP contribution >= 0.6 is 0 Å². The maximum atomic E-state index is 12.0. The van der Waals surface area contributed by atoms with Crippen molar-refractivity contribution in [1.82, 2.24) is 0 Å². The highest BCUT2D eigenvalue weighted by Crippen LogP contribution is 2.19. The van der Waals surface area contributed by atoms with Crippen LogP contribution in [0.4, 0.5) is 0 Å². The fraction of sp³-hybridized carbons (Fsp3) is 0.200. The molecule has 0 N–H and O–H groups in total. The molecule has 0 unspecified atom stereocenters. The summed E-state index contributed by atoms with van der Waals surface area (Å²) < 4.78 is 20.2. The summed E-state index contributed by atoms with van der Waals surface area (Å²) in [5, 5.41) is 0. The van der Waals surface area contributed by atoms with E-state index in [1.165, 1.54) is 0 Å². The molecule has 2 aromatic carbocycles. The van der Waals surface area contributed by atoms with E-state index in [0.717, 1.165) is 6.08 Å². The van der Waals surface area contributed by atoms with Gasteiger partial charge in [0.1, 0.15) is 17.2 Å². The normalized spacial score (nSPS) is 8.96. The Morgan fingerprint density at radius 2 is 1.46 bits per heavy atom. The van der Waals surface area contributed by atoms with Crippen molar-refractivity contribution in [2.75, 3.05) is 13.9 Å². The van der Waals surface area contributed by atoms with Crippen molar-refractivity contribution in [3.63, 3.8) is 0 Å². The van der Waals surface area contributed by atoms with Gasteiger partial charge in [-0.3, -0.25) is 0 Å². The van der Waals surface area contributed by atoms with E-state index in [9.17, 15) is 9.59 Å². The predicted octanol–water partition coefficient (Wildman–Crippen LogP) is 4.25. The predicted molar refractivity (Wildman–Crippen MR) is 99.6 cm³/mol. The first kappa shape index (κ1) is 22.7. The fourth-order valence-electron chi connectivity index (χ4n) is 1.71. The highest BCUT2D eigenvalue weighted by molar-refractivity contribution is 5.91. The molecule has 0 fully saturated rings. The number of ether oxygens (including phenoxy) is 4. The molecule has 0 radical (unpaired) electrons. The highest BCUT2D eigenvalue weighted by Gasteiger charge is 2.09. The molecule has 0 aliphatic heterocycles. The van der Waals surface area contributed by atoms with Crippen molar-refractivity contribution in [1.29, 1.82) is 0 Å². The zero-order chi connectivity index (χ0) is 17.4. The molecule has 26 heavy (non-hydrogen) atoms. The van der Waals surface area contributed by atoms with E-state index in [4.69, 9.17) is 14.2 Å². The smallest absolute Gasteiger partial charge is 0.343 e. The van der Waals surface area contributed by atoms with E-state index in [-0.39, 0.29) is 21.6 Å². The van der Waals surface area contributed by atoms with Gasteiger partial charge in [0.05, 0.1) is 12.7 Å². The van der Waals surface area contributed by atoms with Crippen LogP contribution in [0, 0.1) is 0 Å². The van der Waals surface area contributed by atoms with Crippen LogP contribution < -0.4 is 14.2 Å². The van der Waals surface area contributed by atoms with Crippen LogP contribution in [0.25, 0.3) is 0 Å². The third kappa shape index (κ3) is 6.68. The molecule has 2 rings (SSSR count). The van der Waals surface area contributed by atoms with Gasteiger partial charge < -0.3 is 18.9 Å². The second-order valence-electron chi connectivity index (χ2n) is 4.52. The highest BCUT2D eigenvalue weighted by atomic mass is 16.7. The largest absolute Gasteiger partial charge is 0.497 e. The maximum absolute atomic E-state index is 12.0. The lowest BCUT2D eigenvalue weighted by atomic mass is 10.2. The molecule has 0 heterocycles. The number of methoxy groups -OCH3 is 1. The first-order valence-electron chi connectivity index (χ1n) is 7.00. The minimum absolute atomic E-state index is 0. The minimum atomic E-state index is -0.574. The molecule has 6 nitrogen and oxygen atoms in total. The molecule has 140 valence electrons. The molecular weight excluding hydrogens is 336 g/mol. The summed E-state index contributed by atoms with van der Waals surface area (Å²) in [7, 11) is 1.56. The SMILES string of the molecule is C.C.C=CC(=O)OCOc1ccc(C(=O)Oc2ccc(OC)cc2)cc1. The minimum Gasteiger partial charge on any atom is -0.497 e. The summed E-state index contributed by atoms with van der Waals surface area (Å²) in [6.07, 6.45) is 1.04. The molecule has 0 aliphatic carbocycles. The number of carbonyl (C=O) groups excluding carboxylic acids is 2. The van der Waals surface area contributed by atoms with E-state index in [0.29, 0.717) is 22.8 Å². The number of benzene rings is 2. The molecular formula is C20H24O6. The van der Waals surface area contributed by atoms with Crippen molar-refractivity contribution < 1.29 is 28.5 Å². The quantitative estimate of drug-likeness (QED) is 0.318. The van der Waals surface area contributed by atoms with E-state index in [1.54, 1.807) is 55.6 Å². The first-order valence-corrected chi connectivity index (χ1v) is 7.00. The van der Waals surface area contributed by atoms with Crippen molar-refractivity contribution >= 4 is 11.9 Å². The number of hydrogen-bond donors (Lipinski definition) is 0. The average molecular weight is 360 g/mol. The van der Waals surface area contributed by atoms with Gasteiger partial charge in [-0.25, -0.2) is 9.59 Å². The Morgan fingerprint density at radius 1 is 0.923 bits per heavy atom. The molecule has 0 saturated carbocycles. The Labute approximate surface area is 154 Å². The van der Waals surface area contributed by atoms with Gasteiger partial charge in [-0.1, -0.05) is 21.4 Å². The van der Waals surface area contributed by atoms with Gasteiger partial charge in [0.25, 0.3) is 0 Å². The Kier molecular flexibility index (Phi) is 9.88. The van der Waals surface area contributed by atoms with Crippen LogP contribution in [-0.4, -0.2) is 25.8 Å². The van der Waals surface area contributed by atoms with Gasteiger partial charge in [-0.2, -0.15) is 0 Å². The van der Waals surface area contributed by atoms with Crippen LogP contribution in [0.1, 0.15) is 25.2 Å². The lowest BCUT2D eigenvalue weighted by molar-refractivity contribution is -0.144. The third-order valence-corrected chi connectivity index (χ3v) is 2.95. The van der Waals surface area contributed by atoms with Crippen molar-refractivity contribution in [3.8, 4) is 17.2 Å². The zero-order valence-electron chi connectivity index (χ0n) is 13.1. The lowest BCUT2D eigenvalue weighted by Gasteiger charge is -2.08. The molecule has 0 bridgehead atoms.